The largest absolute Gasteiger partial charge is 0.462 e. The van der Waals surface area contributed by atoms with Crippen LogP contribution in [0.15, 0.2) is 122 Å². The maximum absolute atomic E-state index is 12.8. The molecule has 67 heavy (non-hydrogen) atoms. The van der Waals surface area contributed by atoms with Gasteiger partial charge in [0.15, 0.2) is 6.10 Å². The summed E-state index contributed by atoms with van der Waals surface area (Å²) in [5.41, 5.74) is 0. The van der Waals surface area contributed by atoms with E-state index in [0.717, 1.165) is 83.5 Å². The van der Waals surface area contributed by atoms with Crippen molar-refractivity contribution in [2.75, 3.05) is 13.2 Å². The van der Waals surface area contributed by atoms with Gasteiger partial charge in [0.1, 0.15) is 13.2 Å². The molecular weight excluding hydrogens is 829 g/mol. The molecule has 0 aliphatic carbocycles. The van der Waals surface area contributed by atoms with Crippen LogP contribution in [0.3, 0.4) is 0 Å². The molecule has 0 aromatic carbocycles. The van der Waals surface area contributed by atoms with Crippen LogP contribution in [0.5, 0.6) is 0 Å². The van der Waals surface area contributed by atoms with E-state index in [2.05, 4.69) is 130 Å². The highest BCUT2D eigenvalue weighted by molar-refractivity contribution is 5.71. The minimum absolute atomic E-state index is 0.131. The van der Waals surface area contributed by atoms with Crippen molar-refractivity contribution in [1.29, 1.82) is 0 Å². The van der Waals surface area contributed by atoms with Crippen LogP contribution in [-0.2, 0) is 28.6 Å². The second-order valence-electron chi connectivity index (χ2n) is 17.4. The van der Waals surface area contributed by atoms with Crippen LogP contribution >= 0.6 is 0 Å². The van der Waals surface area contributed by atoms with Crippen LogP contribution < -0.4 is 0 Å². The molecule has 0 aliphatic rings. The fraction of sp³-hybridized carbons (Fsp3) is 0.623. The third kappa shape index (κ3) is 52.6. The molecule has 0 spiro atoms. The maximum Gasteiger partial charge on any atom is 0.306 e. The lowest BCUT2D eigenvalue weighted by molar-refractivity contribution is -0.166. The van der Waals surface area contributed by atoms with Crippen molar-refractivity contribution in [1.82, 2.24) is 0 Å². The Morgan fingerprint density at radius 3 is 1.04 bits per heavy atom. The van der Waals surface area contributed by atoms with Gasteiger partial charge >= 0.3 is 17.9 Å². The van der Waals surface area contributed by atoms with E-state index in [4.69, 9.17) is 14.2 Å². The van der Waals surface area contributed by atoms with Crippen LogP contribution in [0.2, 0.25) is 0 Å². The van der Waals surface area contributed by atoms with E-state index in [0.29, 0.717) is 19.3 Å². The molecular formula is C61H98O6. The van der Waals surface area contributed by atoms with Crippen LogP contribution in [0, 0.1) is 0 Å². The fourth-order valence-electron chi connectivity index (χ4n) is 6.93. The Morgan fingerprint density at radius 1 is 0.313 bits per heavy atom. The molecule has 1 atom stereocenters. The number of carbonyl (C=O) groups is 3. The highest BCUT2D eigenvalue weighted by atomic mass is 16.6. The molecule has 0 fully saturated rings. The third-order valence-corrected chi connectivity index (χ3v) is 11.0. The molecule has 0 saturated heterocycles. The van der Waals surface area contributed by atoms with Crippen molar-refractivity contribution in [3.05, 3.63) is 122 Å². The van der Waals surface area contributed by atoms with Crippen molar-refractivity contribution in [3.63, 3.8) is 0 Å². The van der Waals surface area contributed by atoms with E-state index in [9.17, 15) is 14.4 Å². The first-order chi connectivity index (χ1) is 33.0. The van der Waals surface area contributed by atoms with Gasteiger partial charge in [0, 0.05) is 19.3 Å². The van der Waals surface area contributed by atoms with Gasteiger partial charge in [-0.3, -0.25) is 14.4 Å². The van der Waals surface area contributed by atoms with Crippen molar-refractivity contribution >= 4 is 17.9 Å². The van der Waals surface area contributed by atoms with Gasteiger partial charge in [0.05, 0.1) is 0 Å². The molecule has 6 heteroatoms. The lowest BCUT2D eigenvalue weighted by atomic mass is 10.0. The summed E-state index contributed by atoms with van der Waals surface area (Å²) in [4.78, 5) is 38.0. The summed E-state index contributed by atoms with van der Waals surface area (Å²) in [5.74, 6) is -1.07. The SMILES string of the molecule is CC/C=C\C/C=C\C/C=C\C/C=C\C/C=C\C/C=C\CCC(=O)OC[C@H](COC(=O)CCC/C=C\C/C=C\C/C=C\C/C=C\CCCCC)OC(=O)CCCCCCCCCCCCCCC. The predicted octanol–water partition coefficient (Wildman–Crippen LogP) is 18.1. The zero-order valence-electron chi connectivity index (χ0n) is 43.1. The topological polar surface area (TPSA) is 78.9 Å². The lowest BCUT2D eigenvalue weighted by Gasteiger charge is -2.18. The van der Waals surface area contributed by atoms with E-state index >= 15 is 0 Å². The summed E-state index contributed by atoms with van der Waals surface area (Å²) in [5, 5.41) is 0. The monoisotopic (exact) mass is 927 g/mol. The Balaban J connectivity index is 4.58. The van der Waals surface area contributed by atoms with Gasteiger partial charge in [-0.25, -0.2) is 0 Å². The maximum atomic E-state index is 12.8. The normalized spacial score (nSPS) is 13.1. The average molecular weight is 927 g/mol. The number of carbonyl (C=O) groups excluding carboxylic acids is 3. The molecule has 0 unspecified atom stereocenters. The Bertz CT molecular complexity index is 1440. The Kier molecular flexibility index (Phi) is 51.0. The van der Waals surface area contributed by atoms with Gasteiger partial charge in [0.2, 0.25) is 0 Å². The third-order valence-electron chi connectivity index (χ3n) is 11.0. The quantitative estimate of drug-likeness (QED) is 0.0262. The number of allylic oxidation sites excluding steroid dienone is 20. The van der Waals surface area contributed by atoms with Crippen LogP contribution in [-0.4, -0.2) is 37.2 Å². The molecule has 6 nitrogen and oxygen atoms in total. The van der Waals surface area contributed by atoms with E-state index in [1.54, 1.807) is 0 Å². The minimum Gasteiger partial charge on any atom is -0.462 e. The molecule has 0 heterocycles. The molecule has 0 aromatic heterocycles. The molecule has 0 radical (unpaired) electrons. The van der Waals surface area contributed by atoms with Gasteiger partial charge in [-0.05, 0) is 96.3 Å². The highest BCUT2D eigenvalue weighted by Gasteiger charge is 2.19. The van der Waals surface area contributed by atoms with E-state index in [-0.39, 0.29) is 44.0 Å². The van der Waals surface area contributed by atoms with E-state index in [1.807, 2.05) is 12.2 Å². The summed E-state index contributed by atoms with van der Waals surface area (Å²) in [7, 11) is 0. The lowest BCUT2D eigenvalue weighted by Crippen LogP contribution is -2.30. The summed E-state index contributed by atoms with van der Waals surface area (Å²) >= 11 is 0. The first kappa shape index (κ1) is 62.8. The molecule has 378 valence electrons. The Hall–Kier alpha value is -4.19. The number of hydrogen-bond acceptors (Lipinski definition) is 6. The van der Waals surface area contributed by atoms with Crippen molar-refractivity contribution in [2.45, 2.75) is 232 Å². The Morgan fingerprint density at radius 2 is 0.627 bits per heavy atom. The minimum atomic E-state index is -0.832. The number of esters is 3. The number of unbranched alkanes of at least 4 members (excludes halogenated alkanes) is 16. The molecule has 0 aromatic rings. The smallest absolute Gasteiger partial charge is 0.306 e. The molecule has 0 saturated carbocycles. The number of rotatable bonds is 47. The molecule has 0 bridgehead atoms. The fourth-order valence-corrected chi connectivity index (χ4v) is 6.93. The molecule has 0 aliphatic heterocycles. The number of ether oxygens (including phenoxy) is 3. The summed E-state index contributed by atoms with van der Waals surface area (Å²) in [6.45, 7) is 6.37. The summed E-state index contributed by atoms with van der Waals surface area (Å²) < 4.78 is 16.7. The van der Waals surface area contributed by atoms with Crippen LogP contribution in [0.25, 0.3) is 0 Å². The van der Waals surface area contributed by atoms with Crippen molar-refractivity contribution in [2.24, 2.45) is 0 Å². The highest BCUT2D eigenvalue weighted by Crippen LogP contribution is 2.14. The molecule has 0 rings (SSSR count). The average Bonchev–Trinajstić information content (AvgIpc) is 3.33. The second kappa shape index (κ2) is 54.4. The van der Waals surface area contributed by atoms with Gasteiger partial charge in [-0.1, -0.05) is 232 Å². The van der Waals surface area contributed by atoms with Crippen molar-refractivity contribution < 1.29 is 28.6 Å². The van der Waals surface area contributed by atoms with Crippen molar-refractivity contribution in [3.8, 4) is 0 Å². The van der Waals surface area contributed by atoms with Gasteiger partial charge in [-0.15, -0.1) is 0 Å². The first-order valence-corrected chi connectivity index (χ1v) is 27.0. The second-order valence-corrected chi connectivity index (χ2v) is 17.4. The van der Waals surface area contributed by atoms with Crippen LogP contribution in [0.4, 0.5) is 0 Å². The van der Waals surface area contributed by atoms with Gasteiger partial charge in [0.25, 0.3) is 0 Å². The van der Waals surface area contributed by atoms with Gasteiger partial charge < -0.3 is 14.2 Å². The molecule has 0 amide bonds. The summed E-state index contributed by atoms with van der Waals surface area (Å²) in [6, 6.07) is 0. The Labute approximate surface area is 412 Å². The standard InChI is InChI=1S/C61H98O6/c1-4-7-10-13-16-19-22-25-27-29-30-32-34-37-39-42-45-48-51-54-60(63)66-57-58(67-61(64)55-52-49-46-43-40-35-24-21-18-15-12-9-6-3)56-65-59(62)53-50-47-44-41-38-36-33-31-28-26-23-20-17-14-11-8-5-2/h7,10,16-17,19-20,25-28,30,32-33,36-37,39,41,44-45,48,58H,4-6,8-9,11-15,18,21-24,29,31,34-35,38,40,42-43,46-47,49-57H2,1-3H3/b10-7-,19-16-,20-17-,27-25-,28-26-,32-30-,36-33-,39-37-,44-41-,48-45-/t58-/m0/s1. The van der Waals surface area contributed by atoms with E-state index in [1.165, 1.54) is 89.9 Å². The van der Waals surface area contributed by atoms with Gasteiger partial charge in [-0.2, -0.15) is 0 Å². The first-order valence-electron chi connectivity index (χ1n) is 27.0. The zero-order chi connectivity index (χ0) is 48.6. The molecule has 0 N–H and O–H groups in total. The summed E-state index contributed by atoms with van der Waals surface area (Å²) in [6.07, 6.45) is 74.8. The number of hydrogen-bond donors (Lipinski definition) is 0. The van der Waals surface area contributed by atoms with Crippen LogP contribution in [0.1, 0.15) is 226 Å². The van der Waals surface area contributed by atoms with E-state index < -0.39 is 6.10 Å². The zero-order valence-corrected chi connectivity index (χ0v) is 43.1. The predicted molar refractivity (Wildman–Crippen MR) is 288 cm³/mol.